The summed E-state index contributed by atoms with van der Waals surface area (Å²) in [5.41, 5.74) is -0.996. The molecule has 2 fully saturated rings. The van der Waals surface area contributed by atoms with Gasteiger partial charge in [-0.3, -0.25) is 9.59 Å². The van der Waals surface area contributed by atoms with Crippen LogP contribution >= 0.6 is 11.6 Å². The molecule has 1 N–H and O–H groups in total. The summed E-state index contributed by atoms with van der Waals surface area (Å²) in [5, 5.41) is 9.65. The Morgan fingerprint density at radius 1 is 1.45 bits per heavy atom. The van der Waals surface area contributed by atoms with Gasteiger partial charge in [-0.2, -0.15) is 0 Å². The lowest BCUT2D eigenvalue weighted by atomic mass is 9.76. The second kappa shape index (κ2) is 4.79. The Hall–Kier alpha value is -1.53. The van der Waals surface area contributed by atoms with E-state index >= 15 is 0 Å². The van der Waals surface area contributed by atoms with Gasteiger partial charge in [0.1, 0.15) is 5.41 Å². The molecule has 2 aliphatic rings. The average Bonchev–Trinajstić information content (AvgIpc) is 3.02. The second-order valence-corrected chi connectivity index (χ2v) is 5.66. The lowest BCUT2D eigenvalue weighted by Gasteiger charge is -2.33. The summed E-state index contributed by atoms with van der Waals surface area (Å²) >= 11 is 5.66. The van der Waals surface area contributed by atoms with E-state index in [2.05, 4.69) is 0 Å². The first-order chi connectivity index (χ1) is 9.53. The third-order valence-electron chi connectivity index (χ3n) is 4.16. The van der Waals surface area contributed by atoms with Crippen LogP contribution in [-0.4, -0.2) is 48.2 Å². The number of aliphatic carboxylic acids is 1. The number of nitrogens with zero attached hydrogens (tertiary/aromatic N) is 1. The number of halogens is 1. The molecule has 1 amide bonds. The van der Waals surface area contributed by atoms with Crippen LogP contribution in [0.4, 0.5) is 0 Å². The monoisotopic (exact) mass is 299 g/mol. The number of amides is 1. The highest BCUT2D eigenvalue weighted by atomic mass is 35.5. The van der Waals surface area contributed by atoms with E-state index in [0.29, 0.717) is 19.6 Å². The molecule has 3 heterocycles. The zero-order valence-electron chi connectivity index (χ0n) is 10.7. The Morgan fingerprint density at radius 3 is 2.85 bits per heavy atom. The molecular formula is C13H14ClNO5. The number of hydrogen-bond acceptors (Lipinski definition) is 4. The zero-order valence-corrected chi connectivity index (χ0v) is 11.4. The zero-order chi connectivity index (χ0) is 14.3. The number of carboxylic acid groups (broad SMARTS) is 1. The predicted octanol–water partition coefficient (Wildman–Crippen LogP) is 1.50. The van der Waals surface area contributed by atoms with Crippen LogP contribution in [0.1, 0.15) is 17.0 Å². The molecule has 6 nitrogen and oxygen atoms in total. The van der Waals surface area contributed by atoms with Gasteiger partial charge in [0.25, 0.3) is 5.91 Å². The molecule has 0 unspecified atom stereocenters. The Morgan fingerprint density at radius 2 is 2.25 bits per heavy atom. The van der Waals surface area contributed by atoms with Crippen LogP contribution in [0.2, 0.25) is 5.22 Å². The van der Waals surface area contributed by atoms with Gasteiger partial charge >= 0.3 is 5.97 Å². The maximum atomic E-state index is 12.3. The number of ether oxygens (including phenoxy) is 1. The predicted molar refractivity (Wildman–Crippen MR) is 68.6 cm³/mol. The van der Waals surface area contributed by atoms with Gasteiger partial charge in [-0.1, -0.05) is 0 Å². The minimum atomic E-state index is -0.996. The molecule has 2 saturated heterocycles. The third kappa shape index (κ3) is 1.99. The summed E-state index contributed by atoms with van der Waals surface area (Å²) in [4.78, 5) is 25.4. The number of carbonyl (C=O) groups excluding carboxylic acids is 1. The van der Waals surface area contributed by atoms with Gasteiger partial charge in [-0.15, -0.1) is 0 Å². The van der Waals surface area contributed by atoms with Gasteiger partial charge in [-0.05, 0) is 36.1 Å². The normalized spacial score (nSPS) is 29.2. The van der Waals surface area contributed by atoms with E-state index in [4.69, 9.17) is 20.8 Å². The molecule has 3 rings (SSSR count). The van der Waals surface area contributed by atoms with E-state index < -0.39 is 11.4 Å². The number of rotatable bonds is 2. The van der Waals surface area contributed by atoms with Crippen LogP contribution in [0.15, 0.2) is 16.5 Å². The molecule has 0 saturated carbocycles. The largest absolute Gasteiger partial charge is 0.481 e. The maximum Gasteiger partial charge on any atom is 0.314 e. The summed E-state index contributed by atoms with van der Waals surface area (Å²) in [6.07, 6.45) is 0.648. The van der Waals surface area contributed by atoms with E-state index in [1.807, 2.05) is 0 Å². The van der Waals surface area contributed by atoms with Gasteiger partial charge in [0.15, 0.2) is 11.0 Å². The molecule has 0 radical (unpaired) electrons. The molecule has 0 bridgehead atoms. The van der Waals surface area contributed by atoms with Crippen molar-refractivity contribution in [3.05, 3.63) is 23.1 Å². The van der Waals surface area contributed by atoms with Gasteiger partial charge in [-0.25, -0.2) is 0 Å². The average molecular weight is 300 g/mol. The Balaban J connectivity index is 1.84. The quantitative estimate of drug-likeness (QED) is 0.895. The number of furan rings is 1. The molecule has 7 heteroatoms. The Bertz CT molecular complexity index is 557. The first-order valence-corrected chi connectivity index (χ1v) is 6.76. The minimum Gasteiger partial charge on any atom is -0.481 e. The Kier molecular flexibility index (Phi) is 3.22. The molecule has 1 aromatic rings. The molecule has 108 valence electrons. The summed E-state index contributed by atoms with van der Waals surface area (Å²) < 4.78 is 10.4. The highest BCUT2D eigenvalue weighted by Crippen LogP contribution is 2.42. The molecule has 0 aromatic carbocycles. The minimum absolute atomic E-state index is 0.0804. The standard InChI is InChI=1S/C13H14ClNO5/c14-10-2-1-9(20-10)11(16)15-5-8-3-4-19-7-13(8,6-15)12(17)18/h1-2,8H,3-7H2,(H,17,18)/t8-,13+/m0/s1. The van der Waals surface area contributed by atoms with Crippen LogP contribution < -0.4 is 0 Å². The molecule has 2 atom stereocenters. The van der Waals surface area contributed by atoms with Crippen molar-refractivity contribution in [2.24, 2.45) is 11.3 Å². The number of carboxylic acids is 1. The van der Waals surface area contributed by atoms with Crippen LogP contribution in [0.25, 0.3) is 0 Å². The smallest absolute Gasteiger partial charge is 0.314 e. The molecule has 2 aliphatic heterocycles. The summed E-state index contributed by atoms with van der Waals surface area (Å²) in [5.74, 6) is -1.18. The van der Waals surface area contributed by atoms with E-state index in [1.165, 1.54) is 17.0 Å². The summed E-state index contributed by atoms with van der Waals surface area (Å²) in [7, 11) is 0. The lowest BCUT2D eigenvalue weighted by Crippen LogP contribution is -2.46. The molecule has 1 aromatic heterocycles. The summed E-state index contributed by atoms with van der Waals surface area (Å²) in [6, 6.07) is 2.99. The van der Waals surface area contributed by atoms with Crippen molar-refractivity contribution in [3.8, 4) is 0 Å². The summed E-state index contributed by atoms with van der Waals surface area (Å²) in [6.45, 7) is 1.24. The van der Waals surface area contributed by atoms with Crippen molar-refractivity contribution in [2.45, 2.75) is 6.42 Å². The SMILES string of the molecule is O=C(c1ccc(Cl)o1)N1C[C@@H]2CCOC[C@]2(C(=O)O)C1. The molecule has 0 spiro atoms. The fourth-order valence-electron chi connectivity index (χ4n) is 3.03. The lowest BCUT2D eigenvalue weighted by molar-refractivity contribution is -0.159. The maximum absolute atomic E-state index is 12.3. The van der Waals surface area contributed by atoms with Crippen molar-refractivity contribution in [1.29, 1.82) is 0 Å². The molecule has 0 aliphatic carbocycles. The van der Waals surface area contributed by atoms with E-state index in [1.54, 1.807) is 0 Å². The van der Waals surface area contributed by atoms with Crippen LogP contribution in [-0.2, 0) is 9.53 Å². The van der Waals surface area contributed by atoms with Gasteiger partial charge in [0, 0.05) is 19.7 Å². The van der Waals surface area contributed by atoms with E-state index in [9.17, 15) is 14.7 Å². The first kappa shape index (κ1) is 13.5. The van der Waals surface area contributed by atoms with Crippen LogP contribution in [0, 0.1) is 11.3 Å². The van der Waals surface area contributed by atoms with Crippen molar-refractivity contribution in [2.75, 3.05) is 26.3 Å². The Labute approximate surface area is 120 Å². The van der Waals surface area contributed by atoms with Crippen molar-refractivity contribution < 1.29 is 23.8 Å². The number of fused-ring (bicyclic) bond motifs is 1. The molecule has 20 heavy (non-hydrogen) atoms. The van der Waals surface area contributed by atoms with Crippen molar-refractivity contribution >= 4 is 23.5 Å². The van der Waals surface area contributed by atoms with Crippen molar-refractivity contribution in [1.82, 2.24) is 4.90 Å². The first-order valence-electron chi connectivity index (χ1n) is 6.39. The van der Waals surface area contributed by atoms with Crippen LogP contribution in [0.5, 0.6) is 0 Å². The van der Waals surface area contributed by atoms with Crippen molar-refractivity contribution in [3.63, 3.8) is 0 Å². The fraction of sp³-hybridized carbons (Fsp3) is 0.538. The van der Waals surface area contributed by atoms with Gasteiger partial charge < -0.3 is 19.2 Å². The number of likely N-dealkylation sites (tertiary alicyclic amines) is 1. The topological polar surface area (TPSA) is 80.0 Å². The van der Waals surface area contributed by atoms with E-state index in [0.717, 1.165) is 0 Å². The second-order valence-electron chi connectivity index (χ2n) is 5.29. The number of hydrogen-bond donors (Lipinski definition) is 1. The van der Waals surface area contributed by atoms with Crippen LogP contribution in [0.3, 0.4) is 0 Å². The third-order valence-corrected chi connectivity index (χ3v) is 4.37. The number of carbonyl (C=O) groups is 2. The molecular weight excluding hydrogens is 286 g/mol. The highest BCUT2D eigenvalue weighted by Gasteiger charge is 2.55. The highest BCUT2D eigenvalue weighted by molar-refractivity contribution is 6.29. The van der Waals surface area contributed by atoms with E-state index in [-0.39, 0.29) is 36.0 Å². The van der Waals surface area contributed by atoms with Gasteiger partial charge in [0.2, 0.25) is 0 Å². The fourth-order valence-corrected chi connectivity index (χ4v) is 3.18. The van der Waals surface area contributed by atoms with Gasteiger partial charge in [0.05, 0.1) is 6.61 Å².